The van der Waals surface area contributed by atoms with Gasteiger partial charge in [-0.25, -0.2) is 4.98 Å². The molecule has 5 heteroatoms. The normalized spacial score (nSPS) is 14.7. The van der Waals surface area contributed by atoms with E-state index in [9.17, 15) is 0 Å². The number of ether oxygens (including phenoxy) is 2. The number of methoxy groups -OCH3 is 2. The van der Waals surface area contributed by atoms with Gasteiger partial charge in [0.2, 0.25) is 5.88 Å². The minimum atomic E-state index is -0.684. The number of rotatable bonds is 4. The van der Waals surface area contributed by atoms with Crippen molar-refractivity contribution in [1.29, 1.82) is 0 Å². The van der Waals surface area contributed by atoms with Crippen molar-refractivity contribution in [3.63, 3.8) is 0 Å². The first-order valence-electron chi connectivity index (χ1n) is 4.53. The van der Waals surface area contributed by atoms with E-state index in [0.29, 0.717) is 23.0 Å². The summed E-state index contributed by atoms with van der Waals surface area (Å²) in [6.07, 6.45) is 1.58. The zero-order chi connectivity index (χ0) is 11.5. The van der Waals surface area contributed by atoms with Gasteiger partial charge >= 0.3 is 0 Å². The number of aromatic nitrogens is 1. The maximum absolute atomic E-state index is 6.09. The van der Waals surface area contributed by atoms with Crippen LogP contribution >= 0.6 is 11.6 Å². The van der Waals surface area contributed by atoms with Crippen LogP contribution in [0.2, 0.25) is 5.02 Å². The summed E-state index contributed by atoms with van der Waals surface area (Å²) < 4.78 is 10.5. The molecule has 0 fully saturated rings. The highest BCUT2D eigenvalue weighted by Gasteiger charge is 2.31. The first-order chi connectivity index (χ1) is 7.09. The van der Waals surface area contributed by atoms with E-state index in [1.807, 2.05) is 6.92 Å². The summed E-state index contributed by atoms with van der Waals surface area (Å²) in [7, 11) is 3.12. The molecule has 1 unspecified atom stereocenters. The summed E-state index contributed by atoms with van der Waals surface area (Å²) >= 11 is 6.09. The fraction of sp³-hybridized carbons (Fsp3) is 0.500. The van der Waals surface area contributed by atoms with Gasteiger partial charge in [-0.1, -0.05) is 11.6 Å². The van der Waals surface area contributed by atoms with E-state index >= 15 is 0 Å². The molecule has 1 heterocycles. The molecule has 0 amide bonds. The SMILES string of the molecule is COc1nccc(Cl)c1C(C)(CN)OC. The maximum atomic E-state index is 6.09. The zero-order valence-corrected chi connectivity index (χ0v) is 9.84. The van der Waals surface area contributed by atoms with Crippen LogP contribution < -0.4 is 10.5 Å². The lowest BCUT2D eigenvalue weighted by Crippen LogP contribution is -2.34. The topological polar surface area (TPSA) is 57.4 Å². The monoisotopic (exact) mass is 230 g/mol. The van der Waals surface area contributed by atoms with Crippen molar-refractivity contribution in [1.82, 2.24) is 4.98 Å². The molecule has 84 valence electrons. The van der Waals surface area contributed by atoms with E-state index in [-0.39, 0.29) is 0 Å². The van der Waals surface area contributed by atoms with Crippen LogP contribution in [0.5, 0.6) is 5.88 Å². The van der Waals surface area contributed by atoms with Crippen molar-refractivity contribution in [3.05, 3.63) is 22.8 Å². The first kappa shape index (κ1) is 12.2. The molecular formula is C10H15ClN2O2. The van der Waals surface area contributed by atoms with E-state index in [2.05, 4.69) is 4.98 Å². The quantitative estimate of drug-likeness (QED) is 0.853. The highest BCUT2D eigenvalue weighted by Crippen LogP contribution is 2.35. The van der Waals surface area contributed by atoms with E-state index < -0.39 is 5.60 Å². The van der Waals surface area contributed by atoms with Crippen LogP contribution in [0.25, 0.3) is 0 Å². The van der Waals surface area contributed by atoms with Crippen LogP contribution in [0.3, 0.4) is 0 Å². The molecule has 4 nitrogen and oxygen atoms in total. The average Bonchev–Trinajstić information content (AvgIpc) is 2.27. The van der Waals surface area contributed by atoms with Gasteiger partial charge in [0.1, 0.15) is 5.60 Å². The van der Waals surface area contributed by atoms with Gasteiger partial charge in [-0.05, 0) is 13.0 Å². The average molecular weight is 231 g/mol. The second-order valence-electron chi connectivity index (χ2n) is 3.32. The van der Waals surface area contributed by atoms with Gasteiger partial charge in [0, 0.05) is 19.9 Å². The predicted octanol–water partition coefficient (Wildman–Crippen LogP) is 1.56. The number of hydrogen-bond donors (Lipinski definition) is 1. The summed E-state index contributed by atoms with van der Waals surface area (Å²) in [6.45, 7) is 2.14. The minimum absolute atomic E-state index is 0.297. The van der Waals surface area contributed by atoms with Gasteiger partial charge in [-0.2, -0.15) is 0 Å². The largest absolute Gasteiger partial charge is 0.481 e. The van der Waals surface area contributed by atoms with Crippen molar-refractivity contribution in [3.8, 4) is 5.88 Å². The molecule has 2 N–H and O–H groups in total. The van der Waals surface area contributed by atoms with Crippen LogP contribution in [-0.2, 0) is 10.3 Å². The third kappa shape index (κ3) is 2.22. The van der Waals surface area contributed by atoms with Crippen LogP contribution in [0, 0.1) is 0 Å². The molecule has 0 aliphatic carbocycles. The molecule has 0 bridgehead atoms. The van der Waals surface area contributed by atoms with Gasteiger partial charge in [0.25, 0.3) is 0 Å². The van der Waals surface area contributed by atoms with Crippen molar-refractivity contribution in [2.24, 2.45) is 5.73 Å². The summed E-state index contributed by atoms with van der Waals surface area (Å²) in [5.74, 6) is 0.442. The number of nitrogens with two attached hydrogens (primary N) is 1. The van der Waals surface area contributed by atoms with Gasteiger partial charge in [-0.15, -0.1) is 0 Å². The number of pyridine rings is 1. The molecule has 1 rings (SSSR count). The fourth-order valence-corrected chi connectivity index (χ4v) is 1.68. The van der Waals surface area contributed by atoms with Crippen molar-refractivity contribution in [2.75, 3.05) is 20.8 Å². The van der Waals surface area contributed by atoms with Gasteiger partial charge in [0.05, 0.1) is 17.7 Å². The van der Waals surface area contributed by atoms with Gasteiger partial charge in [0.15, 0.2) is 0 Å². The molecule has 0 aliphatic rings. The maximum Gasteiger partial charge on any atom is 0.220 e. The predicted molar refractivity (Wildman–Crippen MR) is 59.2 cm³/mol. The lowest BCUT2D eigenvalue weighted by Gasteiger charge is -2.28. The second-order valence-corrected chi connectivity index (χ2v) is 3.72. The van der Waals surface area contributed by atoms with Crippen LogP contribution in [0.4, 0.5) is 0 Å². The Bertz CT molecular complexity index is 340. The number of halogens is 1. The molecule has 1 aromatic rings. The third-order valence-electron chi connectivity index (χ3n) is 2.43. The molecule has 0 aromatic carbocycles. The molecular weight excluding hydrogens is 216 g/mol. The van der Waals surface area contributed by atoms with Gasteiger partial charge < -0.3 is 15.2 Å². The van der Waals surface area contributed by atoms with Gasteiger partial charge in [-0.3, -0.25) is 0 Å². The number of nitrogens with zero attached hydrogens (tertiary/aromatic N) is 1. The van der Waals surface area contributed by atoms with E-state index in [1.54, 1.807) is 19.4 Å². The van der Waals surface area contributed by atoms with E-state index in [0.717, 1.165) is 0 Å². The van der Waals surface area contributed by atoms with E-state index in [1.165, 1.54) is 7.11 Å². The fourth-order valence-electron chi connectivity index (χ4n) is 1.34. The van der Waals surface area contributed by atoms with Crippen LogP contribution in [0.15, 0.2) is 12.3 Å². The lowest BCUT2D eigenvalue weighted by atomic mass is 9.97. The number of hydrogen-bond acceptors (Lipinski definition) is 4. The molecule has 1 aromatic heterocycles. The summed E-state index contributed by atoms with van der Waals surface area (Å²) in [4.78, 5) is 4.08. The van der Waals surface area contributed by atoms with Crippen molar-refractivity contribution in [2.45, 2.75) is 12.5 Å². The lowest BCUT2D eigenvalue weighted by molar-refractivity contribution is 0.00783. The summed E-state index contributed by atoms with van der Waals surface area (Å²) in [5, 5.41) is 0.539. The van der Waals surface area contributed by atoms with Crippen molar-refractivity contribution < 1.29 is 9.47 Å². The highest BCUT2D eigenvalue weighted by molar-refractivity contribution is 6.31. The summed E-state index contributed by atoms with van der Waals surface area (Å²) in [6, 6.07) is 1.69. The molecule has 0 aliphatic heterocycles. The first-order valence-corrected chi connectivity index (χ1v) is 4.91. The Kier molecular flexibility index (Phi) is 3.90. The Hall–Kier alpha value is -0.840. The van der Waals surface area contributed by atoms with Crippen LogP contribution in [0.1, 0.15) is 12.5 Å². The zero-order valence-electron chi connectivity index (χ0n) is 9.08. The summed E-state index contributed by atoms with van der Waals surface area (Å²) in [5.41, 5.74) is 5.67. The Labute approximate surface area is 94.3 Å². The Morgan fingerprint density at radius 2 is 2.20 bits per heavy atom. The standard InChI is InChI=1S/C10H15ClN2O2/c1-10(6-12,15-3)8-7(11)4-5-13-9(8)14-2/h4-5H,6,12H2,1-3H3. The molecule has 0 radical (unpaired) electrons. The highest BCUT2D eigenvalue weighted by atomic mass is 35.5. The molecule has 0 saturated carbocycles. The molecule has 0 spiro atoms. The Morgan fingerprint density at radius 3 is 2.67 bits per heavy atom. The molecule has 15 heavy (non-hydrogen) atoms. The van der Waals surface area contributed by atoms with E-state index in [4.69, 9.17) is 26.8 Å². The second kappa shape index (κ2) is 4.79. The van der Waals surface area contributed by atoms with Crippen LogP contribution in [-0.4, -0.2) is 25.7 Å². The smallest absolute Gasteiger partial charge is 0.220 e. The molecule has 0 saturated heterocycles. The third-order valence-corrected chi connectivity index (χ3v) is 2.74. The minimum Gasteiger partial charge on any atom is -0.481 e. The Balaban J connectivity index is 3.33. The molecule has 1 atom stereocenters. The van der Waals surface area contributed by atoms with Crippen molar-refractivity contribution >= 4 is 11.6 Å². The Morgan fingerprint density at radius 1 is 1.53 bits per heavy atom.